The number of hydrogen-bond acceptors (Lipinski definition) is 3. The second kappa shape index (κ2) is 6.51. The normalized spacial score (nSPS) is 15.7. The largest absolute Gasteiger partial charge is 0.481 e. The summed E-state index contributed by atoms with van der Waals surface area (Å²) in [4.78, 5) is 24.7. The number of carboxylic acid groups (broad SMARTS) is 1. The fourth-order valence-corrected chi connectivity index (χ4v) is 3.01. The third-order valence-electron chi connectivity index (χ3n) is 4.53. The summed E-state index contributed by atoms with van der Waals surface area (Å²) in [5, 5.41) is 12.5. The Hall–Kier alpha value is -2.57. The van der Waals surface area contributed by atoms with Gasteiger partial charge in [-0.15, -0.1) is 0 Å². The highest BCUT2D eigenvalue weighted by Gasteiger charge is 2.27. The van der Waals surface area contributed by atoms with Crippen molar-refractivity contribution in [1.82, 2.24) is 10.2 Å². The van der Waals surface area contributed by atoms with E-state index >= 15 is 0 Å². The maximum atomic E-state index is 13.3. The summed E-state index contributed by atoms with van der Waals surface area (Å²) in [5.74, 6) is -0.922. The van der Waals surface area contributed by atoms with Crippen molar-refractivity contribution in [3.8, 4) is 0 Å². The summed E-state index contributed by atoms with van der Waals surface area (Å²) >= 11 is 0. The van der Waals surface area contributed by atoms with E-state index in [1.54, 1.807) is 11.0 Å². The summed E-state index contributed by atoms with van der Waals surface area (Å²) in [5.41, 5.74) is 1.38. The van der Waals surface area contributed by atoms with Gasteiger partial charge in [0.05, 0.1) is 12.5 Å². The maximum Gasteiger partial charge on any atom is 0.317 e. The second-order valence-electron chi connectivity index (χ2n) is 6.05. The van der Waals surface area contributed by atoms with Gasteiger partial charge < -0.3 is 19.7 Å². The van der Waals surface area contributed by atoms with Crippen molar-refractivity contribution in [2.45, 2.75) is 26.3 Å². The number of nitrogens with zero attached hydrogens (tertiary/aromatic N) is 1. The predicted molar refractivity (Wildman–Crippen MR) is 85.1 cm³/mol. The predicted octanol–water partition coefficient (Wildman–Crippen LogP) is 2.89. The molecule has 0 spiro atoms. The Balaban J connectivity index is 1.61. The number of aryl methyl sites for hydroxylation is 1. The number of rotatable bonds is 3. The van der Waals surface area contributed by atoms with Crippen LogP contribution < -0.4 is 5.32 Å². The van der Waals surface area contributed by atoms with E-state index < -0.39 is 5.97 Å². The van der Waals surface area contributed by atoms with E-state index in [4.69, 9.17) is 9.52 Å². The second-order valence-corrected chi connectivity index (χ2v) is 6.05. The van der Waals surface area contributed by atoms with Crippen LogP contribution in [0, 0.1) is 18.7 Å². The van der Waals surface area contributed by atoms with Crippen LogP contribution in [0.5, 0.6) is 0 Å². The minimum Gasteiger partial charge on any atom is -0.481 e. The summed E-state index contributed by atoms with van der Waals surface area (Å²) in [6, 6.07) is 4.07. The third kappa shape index (κ3) is 3.20. The highest BCUT2D eigenvalue weighted by Crippen LogP contribution is 2.26. The van der Waals surface area contributed by atoms with Crippen LogP contribution in [0.1, 0.15) is 24.2 Å². The molecule has 0 atom stereocenters. The van der Waals surface area contributed by atoms with Gasteiger partial charge in [0.2, 0.25) is 0 Å². The van der Waals surface area contributed by atoms with E-state index in [1.807, 2.05) is 6.92 Å². The monoisotopic (exact) mass is 334 g/mol. The van der Waals surface area contributed by atoms with Gasteiger partial charge in [-0.1, -0.05) is 0 Å². The van der Waals surface area contributed by atoms with Crippen LogP contribution in [0.25, 0.3) is 11.0 Å². The van der Waals surface area contributed by atoms with Crippen molar-refractivity contribution in [3.63, 3.8) is 0 Å². The van der Waals surface area contributed by atoms with Crippen molar-refractivity contribution in [3.05, 3.63) is 35.3 Å². The molecule has 0 aliphatic carbocycles. The van der Waals surface area contributed by atoms with Crippen molar-refractivity contribution in [2.24, 2.45) is 5.92 Å². The summed E-state index contributed by atoms with van der Waals surface area (Å²) in [7, 11) is 0. The van der Waals surface area contributed by atoms with Gasteiger partial charge in [0.1, 0.15) is 17.2 Å². The molecule has 1 aromatic heterocycles. The first-order valence-corrected chi connectivity index (χ1v) is 7.89. The molecule has 0 unspecified atom stereocenters. The zero-order chi connectivity index (χ0) is 17.3. The molecule has 7 heteroatoms. The number of carboxylic acids is 1. The van der Waals surface area contributed by atoms with Gasteiger partial charge in [0, 0.05) is 24.0 Å². The summed E-state index contributed by atoms with van der Waals surface area (Å²) in [6.07, 6.45) is 0.928. The first-order chi connectivity index (χ1) is 11.5. The Morgan fingerprint density at radius 2 is 2.08 bits per heavy atom. The van der Waals surface area contributed by atoms with Crippen LogP contribution in [-0.2, 0) is 11.3 Å². The highest BCUT2D eigenvalue weighted by molar-refractivity contribution is 5.82. The summed E-state index contributed by atoms with van der Waals surface area (Å²) < 4.78 is 19.0. The Kier molecular flexibility index (Phi) is 4.42. The quantitative estimate of drug-likeness (QED) is 0.904. The molecule has 0 bridgehead atoms. The number of benzene rings is 1. The Labute approximate surface area is 138 Å². The van der Waals surface area contributed by atoms with Gasteiger partial charge in [-0.25, -0.2) is 9.18 Å². The standard InChI is InChI=1S/C17H19FN2O4/c1-10-13-8-12(18)2-3-14(13)24-15(10)9-19-17(23)20-6-4-11(5-7-20)16(21)22/h2-3,8,11H,4-7,9H2,1H3,(H,19,23)(H,21,22). The lowest BCUT2D eigenvalue weighted by atomic mass is 9.97. The summed E-state index contributed by atoms with van der Waals surface area (Å²) in [6.45, 7) is 2.88. The molecular formula is C17H19FN2O4. The first kappa shape index (κ1) is 16.3. The molecule has 1 saturated heterocycles. The lowest BCUT2D eigenvalue weighted by Crippen LogP contribution is -2.45. The first-order valence-electron chi connectivity index (χ1n) is 7.89. The van der Waals surface area contributed by atoms with E-state index in [9.17, 15) is 14.0 Å². The average Bonchev–Trinajstić information content (AvgIpc) is 2.88. The van der Waals surface area contributed by atoms with Gasteiger partial charge in [-0.2, -0.15) is 0 Å². The average molecular weight is 334 g/mol. The Morgan fingerprint density at radius 3 is 2.75 bits per heavy atom. The van der Waals surface area contributed by atoms with Crippen molar-refractivity contribution in [1.29, 1.82) is 0 Å². The number of amides is 2. The molecule has 0 radical (unpaired) electrons. The number of halogens is 1. The SMILES string of the molecule is Cc1c(CNC(=O)N2CCC(C(=O)O)CC2)oc2ccc(F)cc12. The van der Waals surface area contributed by atoms with Crippen LogP contribution in [-0.4, -0.2) is 35.1 Å². The zero-order valence-corrected chi connectivity index (χ0v) is 13.3. The van der Waals surface area contributed by atoms with Crippen LogP contribution in [0.2, 0.25) is 0 Å². The number of likely N-dealkylation sites (tertiary alicyclic amines) is 1. The lowest BCUT2D eigenvalue weighted by Gasteiger charge is -2.30. The molecule has 2 aromatic rings. The molecule has 2 amide bonds. The molecule has 1 aliphatic heterocycles. The van der Waals surface area contributed by atoms with Crippen LogP contribution in [0.15, 0.2) is 22.6 Å². The lowest BCUT2D eigenvalue weighted by molar-refractivity contribution is -0.143. The fraction of sp³-hybridized carbons (Fsp3) is 0.412. The smallest absolute Gasteiger partial charge is 0.317 e. The zero-order valence-electron chi connectivity index (χ0n) is 13.3. The molecule has 1 aliphatic rings. The topological polar surface area (TPSA) is 82.8 Å². The number of furan rings is 1. The van der Waals surface area contributed by atoms with Crippen molar-refractivity contribution < 1.29 is 23.5 Å². The molecule has 6 nitrogen and oxygen atoms in total. The van der Waals surface area contributed by atoms with Gasteiger partial charge in [0.15, 0.2) is 0 Å². The van der Waals surface area contributed by atoms with E-state index in [1.165, 1.54) is 12.1 Å². The molecular weight excluding hydrogens is 315 g/mol. The van der Waals surface area contributed by atoms with E-state index in [-0.39, 0.29) is 24.3 Å². The van der Waals surface area contributed by atoms with Crippen molar-refractivity contribution in [2.75, 3.05) is 13.1 Å². The number of piperidine rings is 1. The maximum absolute atomic E-state index is 13.3. The number of fused-ring (bicyclic) bond motifs is 1. The van der Waals surface area contributed by atoms with Gasteiger partial charge in [0.25, 0.3) is 0 Å². The molecule has 24 heavy (non-hydrogen) atoms. The van der Waals surface area contributed by atoms with Crippen molar-refractivity contribution >= 4 is 23.0 Å². The van der Waals surface area contributed by atoms with Gasteiger partial charge in [-0.05, 0) is 38.0 Å². The molecule has 2 N–H and O–H groups in total. The molecule has 3 rings (SSSR count). The number of carbonyl (C=O) groups excluding carboxylic acids is 1. The number of carbonyl (C=O) groups is 2. The molecule has 0 saturated carbocycles. The molecule has 128 valence electrons. The minimum atomic E-state index is -0.805. The van der Waals surface area contributed by atoms with E-state index in [0.29, 0.717) is 42.7 Å². The highest BCUT2D eigenvalue weighted by atomic mass is 19.1. The number of urea groups is 1. The molecule has 1 aromatic carbocycles. The van der Waals surface area contributed by atoms with E-state index in [2.05, 4.69) is 5.32 Å². The Bertz CT molecular complexity index is 778. The van der Waals surface area contributed by atoms with Gasteiger partial charge in [-0.3, -0.25) is 4.79 Å². The number of nitrogens with one attached hydrogen (secondary N) is 1. The van der Waals surface area contributed by atoms with Gasteiger partial charge >= 0.3 is 12.0 Å². The molecule has 2 heterocycles. The fourth-order valence-electron chi connectivity index (χ4n) is 3.01. The van der Waals surface area contributed by atoms with Crippen LogP contribution in [0.3, 0.4) is 0 Å². The third-order valence-corrected chi connectivity index (χ3v) is 4.53. The number of aliphatic carboxylic acids is 1. The minimum absolute atomic E-state index is 0.208. The molecule has 1 fully saturated rings. The van der Waals surface area contributed by atoms with Crippen LogP contribution >= 0.6 is 0 Å². The van der Waals surface area contributed by atoms with Crippen LogP contribution in [0.4, 0.5) is 9.18 Å². The number of hydrogen-bond donors (Lipinski definition) is 2. The van der Waals surface area contributed by atoms with E-state index in [0.717, 1.165) is 5.56 Å². The Morgan fingerprint density at radius 1 is 1.38 bits per heavy atom.